The number of carboxylic acid groups (broad SMARTS) is 1. The van der Waals surface area contributed by atoms with Crippen molar-refractivity contribution in [1.29, 1.82) is 0 Å². The molecule has 0 aromatic heterocycles. The number of hydrogen-bond donors (Lipinski definition) is 2. The Balaban J connectivity index is 2.30. The van der Waals surface area contributed by atoms with Crippen molar-refractivity contribution >= 4 is 29.2 Å². The van der Waals surface area contributed by atoms with Crippen LogP contribution in [-0.2, 0) is 4.79 Å². The minimum absolute atomic E-state index is 0.0607. The fourth-order valence-electron chi connectivity index (χ4n) is 2.62. The van der Waals surface area contributed by atoms with E-state index in [2.05, 4.69) is 0 Å². The molecule has 1 saturated heterocycles. The lowest BCUT2D eigenvalue weighted by molar-refractivity contribution is -0.145. The van der Waals surface area contributed by atoms with Crippen LogP contribution in [0.2, 0.25) is 5.02 Å². The van der Waals surface area contributed by atoms with Gasteiger partial charge in [-0.2, -0.15) is 0 Å². The SMILES string of the molecule is CC1CCCN(C(=O)c2ccc(N)c(Cl)c2)C1C(=O)O. The van der Waals surface area contributed by atoms with Crippen LogP contribution >= 0.6 is 11.6 Å². The summed E-state index contributed by atoms with van der Waals surface area (Å²) in [4.78, 5) is 25.3. The highest BCUT2D eigenvalue weighted by Crippen LogP contribution is 2.27. The molecule has 6 heteroatoms. The van der Waals surface area contributed by atoms with Crippen molar-refractivity contribution in [3.05, 3.63) is 28.8 Å². The predicted molar refractivity (Wildman–Crippen MR) is 76.7 cm³/mol. The molecule has 1 heterocycles. The Hall–Kier alpha value is -1.75. The minimum Gasteiger partial charge on any atom is -0.480 e. The van der Waals surface area contributed by atoms with E-state index in [9.17, 15) is 14.7 Å². The fraction of sp³-hybridized carbons (Fsp3) is 0.429. The van der Waals surface area contributed by atoms with Crippen molar-refractivity contribution in [1.82, 2.24) is 4.90 Å². The number of carboxylic acids is 1. The predicted octanol–water partition coefficient (Wildman–Crippen LogP) is 2.25. The summed E-state index contributed by atoms with van der Waals surface area (Å²) in [6, 6.07) is 3.82. The molecule has 108 valence electrons. The van der Waals surface area contributed by atoms with Crippen LogP contribution in [0.1, 0.15) is 30.1 Å². The number of anilines is 1. The summed E-state index contributed by atoms with van der Waals surface area (Å²) in [6.07, 6.45) is 1.61. The third-order valence-corrected chi connectivity index (χ3v) is 4.02. The Morgan fingerprint density at radius 3 is 2.75 bits per heavy atom. The molecule has 2 unspecified atom stereocenters. The van der Waals surface area contributed by atoms with Crippen LogP contribution in [0.15, 0.2) is 18.2 Å². The molecular formula is C14H17ClN2O3. The molecule has 1 amide bonds. The van der Waals surface area contributed by atoms with E-state index in [1.807, 2.05) is 6.92 Å². The molecule has 0 spiro atoms. The van der Waals surface area contributed by atoms with Gasteiger partial charge in [-0.3, -0.25) is 4.79 Å². The van der Waals surface area contributed by atoms with Crippen LogP contribution in [0.3, 0.4) is 0 Å². The highest BCUT2D eigenvalue weighted by atomic mass is 35.5. The third-order valence-electron chi connectivity index (χ3n) is 3.69. The average molecular weight is 297 g/mol. The van der Waals surface area contributed by atoms with Crippen LogP contribution in [0.25, 0.3) is 0 Å². The van der Waals surface area contributed by atoms with Gasteiger partial charge in [0.25, 0.3) is 5.91 Å². The first kappa shape index (κ1) is 14.7. The van der Waals surface area contributed by atoms with Gasteiger partial charge in [-0.1, -0.05) is 18.5 Å². The first-order valence-corrected chi connectivity index (χ1v) is 6.88. The lowest BCUT2D eigenvalue weighted by atomic mass is 9.90. The summed E-state index contributed by atoms with van der Waals surface area (Å²) in [7, 11) is 0. The van der Waals surface area contributed by atoms with Gasteiger partial charge in [0.2, 0.25) is 0 Å². The number of rotatable bonds is 2. The molecule has 2 atom stereocenters. The maximum absolute atomic E-state index is 12.5. The zero-order valence-corrected chi connectivity index (χ0v) is 11.9. The lowest BCUT2D eigenvalue weighted by Crippen LogP contribution is -2.51. The number of piperidine rings is 1. The van der Waals surface area contributed by atoms with E-state index in [1.54, 1.807) is 12.1 Å². The van der Waals surface area contributed by atoms with E-state index in [1.165, 1.54) is 11.0 Å². The van der Waals surface area contributed by atoms with Crippen molar-refractivity contribution < 1.29 is 14.7 Å². The highest BCUT2D eigenvalue weighted by molar-refractivity contribution is 6.33. The van der Waals surface area contributed by atoms with Gasteiger partial charge in [0.05, 0.1) is 10.7 Å². The number of hydrogen-bond acceptors (Lipinski definition) is 3. The molecule has 0 aliphatic carbocycles. The van der Waals surface area contributed by atoms with Crippen LogP contribution < -0.4 is 5.73 Å². The molecule has 5 nitrogen and oxygen atoms in total. The number of carbonyl (C=O) groups is 2. The molecular weight excluding hydrogens is 280 g/mol. The second kappa shape index (κ2) is 5.71. The quantitative estimate of drug-likeness (QED) is 0.820. The smallest absolute Gasteiger partial charge is 0.326 e. The van der Waals surface area contributed by atoms with E-state index in [0.717, 1.165) is 12.8 Å². The van der Waals surface area contributed by atoms with Crippen LogP contribution in [0, 0.1) is 5.92 Å². The molecule has 1 aromatic carbocycles. The Labute approximate surface area is 122 Å². The maximum Gasteiger partial charge on any atom is 0.326 e. The molecule has 1 fully saturated rings. The number of benzene rings is 1. The summed E-state index contributed by atoms with van der Waals surface area (Å²) < 4.78 is 0. The van der Waals surface area contributed by atoms with Crippen LogP contribution in [-0.4, -0.2) is 34.5 Å². The zero-order chi connectivity index (χ0) is 14.9. The topological polar surface area (TPSA) is 83.6 Å². The van der Waals surface area contributed by atoms with E-state index in [0.29, 0.717) is 22.8 Å². The molecule has 2 rings (SSSR count). The van der Waals surface area contributed by atoms with Gasteiger partial charge >= 0.3 is 5.97 Å². The Morgan fingerprint density at radius 1 is 1.45 bits per heavy atom. The summed E-state index contributed by atoms with van der Waals surface area (Å²) in [6.45, 7) is 2.30. The van der Waals surface area contributed by atoms with Crippen molar-refractivity contribution in [3.8, 4) is 0 Å². The van der Waals surface area contributed by atoms with Crippen LogP contribution in [0.5, 0.6) is 0 Å². The zero-order valence-electron chi connectivity index (χ0n) is 11.2. The van der Waals surface area contributed by atoms with Gasteiger partial charge in [-0.05, 0) is 37.0 Å². The molecule has 0 bridgehead atoms. The van der Waals surface area contributed by atoms with Gasteiger partial charge < -0.3 is 15.7 Å². The molecule has 20 heavy (non-hydrogen) atoms. The lowest BCUT2D eigenvalue weighted by Gasteiger charge is -2.37. The van der Waals surface area contributed by atoms with Crippen molar-refractivity contribution in [2.75, 3.05) is 12.3 Å². The molecule has 0 radical (unpaired) electrons. The molecule has 0 saturated carbocycles. The number of amides is 1. The molecule has 3 N–H and O–H groups in total. The number of nitrogens with zero attached hydrogens (tertiary/aromatic N) is 1. The molecule has 1 aromatic rings. The van der Waals surface area contributed by atoms with Crippen molar-refractivity contribution in [2.45, 2.75) is 25.8 Å². The molecule has 1 aliphatic heterocycles. The fourth-order valence-corrected chi connectivity index (χ4v) is 2.80. The maximum atomic E-state index is 12.5. The Bertz CT molecular complexity index is 547. The van der Waals surface area contributed by atoms with Gasteiger partial charge in [-0.25, -0.2) is 4.79 Å². The monoisotopic (exact) mass is 296 g/mol. The summed E-state index contributed by atoms with van der Waals surface area (Å²) >= 11 is 5.91. The number of nitrogen functional groups attached to an aromatic ring is 1. The van der Waals surface area contributed by atoms with Gasteiger partial charge in [0.1, 0.15) is 6.04 Å². The minimum atomic E-state index is -0.966. The third kappa shape index (κ3) is 2.72. The van der Waals surface area contributed by atoms with E-state index in [-0.39, 0.29) is 11.8 Å². The first-order valence-electron chi connectivity index (χ1n) is 6.50. The van der Waals surface area contributed by atoms with Gasteiger partial charge in [0.15, 0.2) is 0 Å². The average Bonchev–Trinajstić information content (AvgIpc) is 2.40. The summed E-state index contributed by atoms with van der Waals surface area (Å²) in [5.41, 5.74) is 6.37. The number of aliphatic carboxylic acids is 1. The van der Waals surface area contributed by atoms with Gasteiger partial charge in [0, 0.05) is 12.1 Å². The standard InChI is InChI=1S/C14H17ClN2O3/c1-8-3-2-6-17(12(8)14(19)20)13(18)9-4-5-11(16)10(15)7-9/h4-5,7-8,12H,2-3,6,16H2,1H3,(H,19,20). The normalized spacial score (nSPS) is 22.6. The van der Waals surface area contributed by atoms with Crippen LogP contribution in [0.4, 0.5) is 5.69 Å². The number of nitrogens with two attached hydrogens (primary N) is 1. The number of halogens is 1. The van der Waals surface area contributed by atoms with E-state index >= 15 is 0 Å². The van der Waals surface area contributed by atoms with Gasteiger partial charge in [-0.15, -0.1) is 0 Å². The van der Waals surface area contributed by atoms with E-state index < -0.39 is 12.0 Å². The number of likely N-dealkylation sites (tertiary alicyclic amines) is 1. The van der Waals surface area contributed by atoms with Crippen molar-refractivity contribution in [2.24, 2.45) is 5.92 Å². The Kier molecular flexibility index (Phi) is 4.18. The second-order valence-corrected chi connectivity index (χ2v) is 5.54. The first-order chi connectivity index (χ1) is 9.41. The summed E-state index contributed by atoms with van der Waals surface area (Å²) in [5, 5.41) is 9.63. The largest absolute Gasteiger partial charge is 0.480 e. The molecule has 1 aliphatic rings. The second-order valence-electron chi connectivity index (χ2n) is 5.14. The highest BCUT2D eigenvalue weighted by Gasteiger charge is 2.37. The number of carbonyl (C=O) groups excluding carboxylic acids is 1. The van der Waals surface area contributed by atoms with Crippen molar-refractivity contribution in [3.63, 3.8) is 0 Å². The Morgan fingerprint density at radius 2 is 2.15 bits per heavy atom. The van der Waals surface area contributed by atoms with E-state index in [4.69, 9.17) is 17.3 Å². The summed E-state index contributed by atoms with van der Waals surface area (Å²) in [5.74, 6) is -1.34.